The van der Waals surface area contributed by atoms with Crippen molar-refractivity contribution in [1.29, 1.82) is 0 Å². The minimum atomic E-state index is -0.181. The van der Waals surface area contributed by atoms with E-state index in [1.807, 2.05) is 31.3 Å². The highest BCUT2D eigenvalue weighted by atomic mass is 16.2. The number of aromatic nitrogens is 1. The molecule has 1 aromatic heterocycles. The smallest absolute Gasteiger partial charge is 0.319 e. The van der Waals surface area contributed by atoms with Crippen LogP contribution in [-0.4, -0.2) is 37.2 Å². The van der Waals surface area contributed by atoms with Gasteiger partial charge in [0, 0.05) is 55.6 Å². The molecular weight excluding hydrogens is 326 g/mol. The lowest BCUT2D eigenvalue weighted by Crippen LogP contribution is -2.33. The van der Waals surface area contributed by atoms with Crippen molar-refractivity contribution in [1.82, 2.24) is 10.3 Å². The van der Waals surface area contributed by atoms with Crippen LogP contribution in [-0.2, 0) is 0 Å². The Kier molecular flexibility index (Phi) is 5.94. The maximum absolute atomic E-state index is 12.2. The van der Waals surface area contributed by atoms with Crippen LogP contribution in [0.2, 0.25) is 0 Å². The van der Waals surface area contributed by atoms with Crippen molar-refractivity contribution < 1.29 is 4.79 Å². The molecule has 1 fully saturated rings. The van der Waals surface area contributed by atoms with Crippen molar-refractivity contribution in [2.75, 3.05) is 41.7 Å². The predicted molar refractivity (Wildman–Crippen MR) is 107 cm³/mol. The Hall–Kier alpha value is -2.76. The number of amides is 2. The highest BCUT2D eigenvalue weighted by Crippen LogP contribution is 2.29. The van der Waals surface area contributed by atoms with Crippen LogP contribution in [0.25, 0.3) is 0 Å². The summed E-state index contributed by atoms with van der Waals surface area (Å²) in [5.41, 5.74) is 5.33. The monoisotopic (exact) mass is 353 g/mol. The van der Waals surface area contributed by atoms with Gasteiger partial charge in [0.2, 0.25) is 0 Å². The zero-order valence-corrected chi connectivity index (χ0v) is 15.5. The fourth-order valence-electron chi connectivity index (χ4n) is 3.27. The molecule has 0 spiro atoms. The van der Waals surface area contributed by atoms with Gasteiger partial charge in [0.1, 0.15) is 0 Å². The van der Waals surface area contributed by atoms with Gasteiger partial charge in [-0.2, -0.15) is 0 Å². The third-order valence-electron chi connectivity index (χ3n) is 4.75. The molecule has 26 heavy (non-hydrogen) atoms. The summed E-state index contributed by atoms with van der Waals surface area (Å²) in [5.74, 6) is 0. The molecule has 2 amide bonds. The summed E-state index contributed by atoms with van der Waals surface area (Å²) in [6.45, 7) is 7.46. The molecule has 138 valence electrons. The maximum Gasteiger partial charge on any atom is 0.319 e. The zero-order valence-electron chi connectivity index (χ0n) is 15.5. The number of anilines is 3. The normalized spacial score (nSPS) is 13.5. The van der Waals surface area contributed by atoms with E-state index in [0.29, 0.717) is 13.1 Å². The largest absolute Gasteiger partial charge is 0.383 e. The average Bonchev–Trinajstić information content (AvgIpc) is 3.16. The van der Waals surface area contributed by atoms with E-state index < -0.39 is 0 Å². The number of aryl methyl sites for hydroxylation is 1. The first kappa shape index (κ1) is 18.0. The summed E-state index contributed by atoms with van der Waals surface area (Å²) in [6.07, 6.45) is 6.05. The van der Waals surface area contributed by atoms with Gasteiger partial charge >= 0.3 is 6.03 Å². The molecule has 0 atom stereocenters. The molecule has 2 aromatic rings. The SMILES string of the molecule is Cc1cnccc1NCCNC(=O)Nc1cccc(N2CCCC2)c1C. The van der Waals surface area contributed by atoms with Crippen LogP contribution in [0.5, 0.6) is 0 Å². The molecule has 3 N–H and O–H groups in total. The Morgan fingerprint density at radius 2 is 1.92 bits per heavy atom. The number of hydrogen-bond acceptors (Lipinski definition) is 4. The van der Waals surface area contributed by atoms with Crippen molar-refractivity contribution in [2.24, 2.45) is 0 Å². The molecule has 1 aliphatic heterocycles. The van der Waals surface area contributed by atoms with Gasteiger partial charge in [-0.15, -0.1) is 0 Å². The van der Waals surface area contributed by atoms with Gasteiger partial charge in [0.15, 0.2) is 0 Å². The van der Waals surface area contributed by atoms with Gasteiger partial charge in [0.05, 0.1) is 0 Å². The van der Waals surface area contributed by atoms with Gasteiger partial charge in [-0.05, 0) is 56.0 Å². The summed E-state index contributed by atoms with van der Waals surface area (Å²) in [7, 11) is 0. The van der Waals surface area contributed by atoms with Crippen LogP contribution in [0.15, 0.2) is 36.7 Å². The summed E-state index contributed by atoms with van der Waals surface area (Å²) >= 11 is 0. The first-order chi connectivity index (χ1) is 12.6. The molecule has 3 rings (SSSR count). The van der Waals surface area contributed by atoms with Crippen molar-refractivity contribution in [3.05, 3.63) is 47.8 Å². The van der Waals surface area contributed by atoms with Crippen LogP contribution in [0.1, 0.15) is 24.0 Å². The minimum absolute atomic E-state index is 0.181. The molecule has 0 unspecified atom stereocenters. The number of pyridine rings is 1. The second kappa shape index (κ2) is 8.56. The number of urea groups is 1. The molecule has 0 radical (unpaired) electrons. The third-order valence-corrected chi connectivity index (χ3v) is 4.75. The van der Waals surface area contributed by atoms with Gasteiger partial charge < -0.3 is 20.9 Å². The predicted octanol–water partition coefficient (Wildman–Crippen LogP) is 3.53. The molecule has 6 nitrogen and oxygen atoms in total. The van der Waals surface area contributed by atoms with Crippen molar-refractivity contribution in [3.63, 3.8) is 0 Å². The second-order valence-corrected chi connectivity index (χ2v) is 6.64. The van der Waals surface area contributed by atoms with Crippen molar-refractivity contribution in [3.8, 4) is 0 Å². The van der Waals surface area contributed by atoms with Crippen LogP contribution in [0, 0.1) is 13.8 Å². The van der Waals surface area contributed by atoms with Gasteiger partial charge in [0.25, 0.3) is 0 Å². The number of nitrogens with zero attached hydrogens (tertiary/aromatic N) is 2. The first-order valence-corrected chi connectivity index (χ1v) is 9.19. The van der Waals surface area contributed by atoms with Crippen LogP contribution < -0.4 is 20.9 Å². The first-order valence-electron chi connectivity index (χ1n) is 9.19. The van der Waals surface area contributed by atoms with Crippen molar-refractivity contribution in [2.45, 2.75) is 26.7 Å². The number of rotatable bonds is 6. The molecule has 0 bridgehead atoms. The van der Waals surface area contributed by atoms with Gasteiger partial charge in [-0.25, -0.2) is 4.79 Å². The number of nitrogens with one attached hydrogen (secondary N) is 3. The second-order valence-electron chi connectivity index (χ2n) is 6.64. The Balaban J connectivity index is 1.49. The number of carbonyl (C=O) groups excluding carboxylic acids is 1. The van der Waals surface area contributed by atoms with Gasteiger partial charge in [-0.1, -0.05) is 6.07 Å². The minimum Gasteiger partial charge on any atom is -0.383 e. The Labute approximate surface area is 155 Å². The fraction of sp³-hybridized carbons (Fsp3) is 0.400. The summed E-state index contributed by atoms with van der Waals surface area (Å²) in [6, 6.07) is 7.84. The lowest BCUT2D eigenvalue weighted by molar-refractivity contribution is 0.252. The van der Waals surface area contributed by atoms with E-state index in [4.69, 9.17) is 0 Å². The van der Waals surface area contributed by atoms with E-state index in [2.05, 4.69) is 38.8 Å². The number of benzene rings is 1. The molecule has 1 aliphatic rings. The van der Waals surface area contributed by atoms with E-state index in [1.54, 1.807) is 6.20 Å². The molecule has 1 saturated heterocycles. The Bertz CT molecular complexity index is 756. The lowest BCUT2D eigenvalue weighted by Gasteiger charge is -2.22. The molecule has 6 heteroatoms. The number of hydrogen-bond donors (Lipinski definition) is 3. The Morgan fingerprint density at radius 1 is 1.12 bits per heavy atom. The quantitative estimate of drug-likeness (QED) is 0.695. The fourth-order valence-corrected chi connectivity index (χ4v) is 3.27. The summed E-state index contributed by atoms with van der Waals surface area (Å²) < 4.78 is 0. The Morgan fingerprint density at radius 3 is 2.69 bits per heavy atom. The van der Waals surface area contributed by atoms with E-state index in [0.717, 1.165) is 35.6 Å². The zero-order chi connectivity index (χ0) is 18.4. The summed E-state index contributed by atoms with van der Waals surface area (Å²) in [4.78, 5) is 18.7. The van der Waals surface area contributed by atoms with Crippen LogP contribution >= 0.6 is 0 Å². The molecule has 0 aliphatic carbocycles. The van der Waals surface area contributed by atoms with E-state index >= 15 is 0 Å². The standard InChI is InChI=1S/C20H27N5O/c1-15-14-21-9-8-17(15)22-10-11-23-20(26)24-18-6-5-7-19(16(18)2)25-12-3-4-13-25/h5-9,14H,3-4,10-13H2,1-2H3,(H,21,22)(H2,23,24,26). The summed E-state index contributed by atoms with van der Waals surface area (Å²) in [5, 5.41) is 9.17. The molecular formula is C20H27N5O. The van der Waals surface area contributed by atoms with Gasteiger partial charge in [-0.3, -0.25) is 4.98 Å². The molecule has 2 heterocycles. The topological polar surface area (TPSA) is 69.3 Å². The van der Waals surface area contributed by atoms with Crippen LogP contribution in [0.3, 0.4) is 0 Å². The molecule has 0 saturated carbocycles. The average molecular weight is 353 g/mol. The highest BCUT2D eigenvalue weighted by molar-refractivity contribution is 5.91. The maximum atomic E-state index is 12.2. The lowest BCUT2D eigenvalue weighted by atomic mass is 10.1. The van der Waals surface area contributed by atoms with Crippen molar-refractivity contribution >= 4 is 23.1 Å². The van der Waals surface area contributed by atoms with E-state index in [-0.39, 0.29) is 6.03 Å². The van der Waals surface area contributed by atoms with E-state index in [9.17, 15) is 4.79 Å². The van der Waals surface area contributed by atoms with E-state index in [1.165, 1.54) is 18.5 Å². The number of carbonyl (C=O) groups is 1. The highest BCUT2D eigenvalue weighted by Gasteiger charge is 2.16. The molecule has 1 aromatic carbocycles. The third kappa shape index (κ3) is 4.45. The van der Waals surface area contributed by atoms with Crippen LogP contribution in [0.4, 0.5) is 21.9 Å².